The molecule has 0 unspecified atom stereocenters. The quantitative estimate of drug-likeness (QED) is 0.743. The maximum Gasteiger partial charge on any atom is 0.227 e. The number of rotatable bonds is 4. The smallest absolute Gasteiger partial charge is 0.227 e. The first-order valence-corrected chi connectivity index (χ1v) is 6.80. The van der Waals surface area contributed by atoms with Crippen molar-refractivity contribution in [3.8, 4) is 11.4 Å². The van der Waals surface area contributed by atoms with Gasteiger partial charge in [-0.05, 0) is 42.7 Å². The Morgan fingerprint density at radius 2 is 1.90 bits per heavy atom. The molecule has 0 aliphatic heterocycles. The molecule has 2 N–H and O–H groups in total. The molecule has 106 valence electrons. The molecule has 0 fully saturated rings. The molecule has 0 atom stereocenters. The minimum absolute atomic E-state index is 0.591. The summed E-state index contributed by atoms with van der Waals surface area (Å²) in [5, 5.41) is 4.03. The fraction of sp³-hybridized carbons (Fsp3) is 0.188. The van der Waals surface area contributed by atoms with Gasteiger partial charge in [0.05, 0.1) is 0 Å². The van der Waals surface area contributed by atoms with E-state index < -0.39 is 0 Å². The molecule has 0 aliphatic rings. The summed E-state index contributed by atoms with van der Waals surface area (Å²) >= 11 is 0. The number of aryl methyl sites for hydroxylation is 3. The Bertz CT molecular complexity index is 734. The van der Waals surface area contributed by atoms with E-state index in [1.807, 2.05) is 37.3 Å². The van der Waals surface area contributed by atoms with Crippen molar-refractivity contribution in [3.63, 3.8) is 0 Å². The van der Waals surface area contributed by atoms with Gasteiger partial charge in [0, 0.05) is 30.1 Å². The van der Waals surface area contributed by atoms with Gasteiger partial charge < -0.3 is 10.3 Å². The van der Waals surface area contributed by atoms with Crippen LogP contribution in [0.25, 0.3) is 11.4 Å². The summed E-state index contributed by atoms with van der Waals surface area (Å²) in [6, 6.07) is 9.75. The van der Waals surface area contributed by atoms with E-state index in [0.717, 1.165) is 23.2 Å². The minimum atomic E-state index is 0.591. The van der Waals surface area contributed by atoms with Crippen LogP contribution in [0.15, 0.2) is 47.2 Å². The average Bonchev–Trinajstić information content (AvgIpc) is 2.96. The maximum absolute atomic E-state index is 5.67. The molecule has 1 aromatic carbocycles. The summed E-state index contributed by atoms with van der Waals surface area (Å²) in [7, 11) is 0. The van der Waals surface area contributed by atoms with Crippen LogP contribution >= 0.6 is 0 Å². The number of nitrogens with zero attached hydrogens (tertiary/aromatic N) is 3. The van der Waals surface area contributed by atoms with Crippen molar-refractivity contribution in [2.45, 2.75) is 19.8 Å². The van der Waals surface area contributed by atoms with E-state index in [1.54, 1.807) is 12.4 Å². The Hall–Kier alpha value is -2.69. The molecule has 0 spiro atoms. The lowest BCUT2D eigenvalue weighted by Crippen LogP contribution is -1.93. The SMILES string of the molecule is Cc1ccncc1-c1noc(CCc2ccc(N)cc2)n1. The minimum Gasteiger partial charge on any atom is -0.399 e. The highest BCUT2D eigenvalue weighted by Gasteiger charge is 2.10. The lowest BCUT2D eigenvalue weighted by atomic mass is 10.1. The summed E-state index contributed by atoms with van der Waals surface area (Å²) < 4.78 is 5.31. The van der Waals surface area contributed by atoms with Gasteiger partial charge >= 0.3 is 0 Å². The van der Waals surface area contributed by atoms with Gasteiger partial charge in [0.1, 0.15) is 0 Å². The van der Waals surface area contributed by atoms with E-state index in [9.17, 15) is 0 Å². The highest BCUT2D eigenvalue weighted by molar-refractivity contribution is 5.57. The van der Waals surface area contributed by atoms with Crippen LogP contribution in [-0.2, 0) is 12.8 Å². The van der Waals surface area contributed by atoms with Crippen LogP contribution in [0.4, 0.5) is 5.69 Å². The number of nitrogen functional groups attached to an aromatic ring is 1. The van der Waals surface area contributed by atoms with Crippen molar-refractivity contribution in [2.24, 2.45) is 0 Å². The summed E-state index contributed by atoms with van der Waals surface area (Å²) in [5.74, 6) is 1.22. The molecule has 2 aromatic heterocycles. The van der Waals surface area contributed by atoms with Crippen LogP contribution < -0.4 is 5.73 Å². The Kier molecular flexibility index (Phi) is 3.64. The van der Waals surface area contributed by atoms with Crippen LogP contribution in [0, 0.1) is 6.92 Å². The molecule has 5 heteroatoms. The predicted molar refractivity (Wildman–Crippen MR) is 80.5 cm³/mol. The average molecular weight is 280 g/mol. The molecule has 0 saturated heterocycles. The lowest BCUT2D eigenvalue weighted by Gasteiger charge is -1.99. The molecule has 0 radical (unpaired) electrons. The number of hydrogen-bond acceptors (Lipinski definition) is 5. The molecule has 21 heavy (non-hydrogen) atoms. The fourth-order valence-corrected chi connectivity index (χ4v) is 2.10. The highest BCUT2D eigenvalue weighted by Crippen LogP contribution is 2.19. The first-order chi connectivity index (χ1) is 10.2. The molecule has 2 heterocycles. The molecule has 0 bridgehead atoms. The van der Waals surface area contributed by atoms with Crippen LogP contribution in [0.3, 0.4) is 0 Å². The summed E-state index contributed by atoms with van der Waals surface area (Å²) in [6.07, 6.45) is 5.05. The normalized spacial score (nSPS) is 10.7. The van der Waals surface area contributed by atoms with E-state index >= 15 is 0 Å². The molecule has 5 nitrogen and oxygen atoms in total. The topological polar surface area (TPSA) is 77.8 Å². The highest BCUT2D eigenvalue weighted by atomic mass is 16.5. The second-order valence-corrected chi connectivity index (χ2v) is 4.94. The monoisotopic (exact) mass is 280 g/mol. The Morgan fingerprint density at radius 1 is 1.10 bits per heavy atom. The second kappa shape index (κ2) is 5.75. The Morgan fingerprint density at radius 3 is 2.67 bits per heavy atom. The fourth-order valence-electron chi connectivity index (χ4n) is 2.10. The third-order valence-electron chi connectivity index (χ3n) is 3.36. The Balaban J connectivity index is 1.71. The summed E-state index contributed by atoms with van der Waals surface area (Å²) in [6.45, 7) is 2.00. The first-order valence-electron chi connectivity index (χ1n) is 6.80. The first kappa shape index (κ1) is 13.3. The number of nitrogens with two attached hydrogens (primary N) is 1. The maximum atomic E-state index is 5.67. The molecular formula is C16H16N4O. The van der Waals surface area contributed by atoms with Crippen molar-refractivity contribution in [3.05, 3.63) is 59.7 Å². The lowest BCUT2D eigenvalue weighted by molar-refractivity contribution is 0.379. The van der Waals surface area contributed by atoms with Crippen molar-refractivity contribution >= 4 is 5.69 Å². The van der Waals surface area contributed by atoms with Crippen molar-refractivity contribution < 1.29 is 4.52 Å². The van der Waals surface area contributed by atoms with E-state index in [2.05, 4.69) is 15.1 Å². The standard InChI is InChI=1S/C16H16N4O/c1-11-8-9-18-10-14(11)16-19-15(21-20-16)7-4-12-2-5-13(17)6-3-12/h2-3,5-6,8-10H,4,7,17H2,1H3. The van der Waals surface area contributed by atoms with E-state index in [1.165, 1.54) is 5.56 Å². The number of aromatic nitrogens is 3. The molecule has 3 aromatic rings. The van der Waals surface area contributed by atoms with Crippen molar-refractivity contribution in [1.29, 1.82) is 0 Å². The van der Waals surface area contributed by atoms with Gasteiger partial charge in [0.15, 0.2) is 0 Å². The van der Waals surface area contributed by atoms with Gasteiger partial charge in [-0.3, -0.25) is 4.98 Å². The van der Waals surface area contributed by atoms with E-state index in [0.29, 0.717) is 18.1 Å². The molecule has 0 aliphatic carbocycles. The van der Waals surface area contributed by atoms with E-state index in [-0.39, 0.29) is 0 Å². The largest absolute Gasteiger partial charge is 0.399 e. The predicted octanol–water partition coefficient (Wildman–Crippen LogP) is 2.81. The number of hydrogen-bond donors (Lipinski definition) is 1. The summed E-state index contributed by atoms with van der Waals surface area (Å²) in [4.78, 5) is 8.53. The van der Waals surface area contributed by atoms with Crippen LogP contribution in [0.2, 0.25) is 0 Å². The summed E-state index contributed by atoms with van der Waals surface area (Å²) in [5.41, 5.74) is 9.62. The zero-order valence-electron chi connectivity index (χ0n) is 11.8. The Labute approximate surface area is 122 Å². The third-order valence-corrected chi connectivity index (χ3v) is 3.36. The number of benzene rings is 1. The van der Waals surface area contributed by atoms with E-state index in [4.69, 9.17) is 10.3 Å². The van der Waals surface area contributed by atoms with Crippen LogP contribution in [-0.4, -0.2) is 15.1 Å². The van der Waals surface area contributed by atoms with Crippen molar-refractivity contribution in [2.75, 3.05) is 5.73 Å². The second-order valence-electron chi connectivity index (χ2n) is 4.94. The number of anilines is 1. The van der Waals surface area contributed by atoms with Gasteiger partial charge in [-0.1, -0.05) is 17.3 Å². The van der Waals surface area contributed by atoms with Gasteiger partial charge in [0.25, 0.3) is 0 Å². The molecule has 0 saturated carbocycles. The third kappa shape index (κ3) is 3.08. The molecule has 0 amide bonds. The van der Waals surface area contributed by atoms with Gasteiger partial charge in [-0.2, -0.15) is 4.98 Å². The molecular weight excluding hydrogens is 264 g/mol. The van der Waals surface area contributed by atoms with Gasteiger partial charge in [-0.25, -0.2) is 0 Å². The van der Waals surface area contributed by atoms with Crippen LogP contribution in [0.5, 0.6) is 0 Å². The zero-order valence-corrected chi connectivity index (χ0v) is 11.8. The van der Waals surface area contributed by atoms with Crippen LogP contribution in [0.1, 0.15) is 17.0 Å². The number of pyridine rings is 1. The van der Waals surface area contributed by atoms with Crippen molar-refractivity contribution in [1.82, 2.24) is 15.1 Å². The molecule has 3 rings (SSSR count). The zero-order chi connectivity index (χ0) is 14.7. The van der Waals surface area contributed by atoms with Gasteiger partial charge in [0.2, 0.25) is 11.7 Å². The van der Waals surface area contributed by atoms with Gasteiger partial charge in [-0.15, -0.1) is 0 Å².